The van der Waals surface area contributed by atoms with E-state index < -0.39 is 0 Å². The Morgan fingerprint density at radius 1 is 1.21 bits per heavy atom. The van der Waals surface area contributed by atoms with Crippen molar-refractivity contribution in [3.63, 3.8) is 0 Å². The van der Waals surface area contributed by atoms with Crippen molar-refractivity contribution in [2.75, 3.05) is 25.5 Å². The maximum atomic E-state index is 13.0. The van der Waals surface area contributed by atoms with Gasteiger partial charge in [-0.1, -0.05) is 18.2 Å². The third-order valence-corrected chi connectivity index (χ3v) is 3.81. The Kier molecular flexibility index (Phi) is 10.4. The smallest absolute Gasteiger partial charge is 0.227 e. The van der Waals surface area contributed by atoms with Gasteiger partial charge in [0.25, 0.3) is 0 Å². The molecule has 2 aromatic rings. The average molecular weight is 499 g/mol. The van der Waals surface area contributed by atoms with E-state index in [1.54, 1.807) is 24.4 Å². The number of aryl methyl sites for hydroxylation is 1. The lowest BCUT2D eigenvalue weighted by atomic mass is 10.2. The van der Waals surface area contributed by atoms with Crippen LogP contribution in [0.15, 0.2) is 47.6 Å². The van der Waals surface area contributed by atoms with E-state index in [1.807, 2.05) is 31.9 Å². The number of anilines is 1. The molecule has 0 aliphatic rings. The van der Waals surface area contributed by atoms with Crippen LogP contribution in [0.3, 0.4) is 0 Å². The minimum Gasteiger partial charge on any atom is -0.357 e. The van der Waals surface area contributed by atoms with E-state index in [0.29, 0.717) is 31.4 Å². The van der Waals surface area contributed by atoms with Gasteiger partial charge in [-0.15, -0.1) is 24.0 Å². The number of benzene rings is 1. The van der Waals surface area contributed by atoms with Crippen molar-refractivity contribution < 1.29 is 9.18 Å². The molecule has 0 unspecified atom stereocenters. The third kappa shape index (κ3) is 8.20. The van der Waals surface area contributed by atoms with Crippen LogP contribution in [-0.4, -0.2) is 41.9 Å². The second kappa shape index (κ2) is 12.3. The zero-order chi connectivity index (χ0) is 19.6. The predicted octanol–water partition coefficient (Wildman–Crippen LogP) is 3.57. The number of rotatable bonds is 7. The maximum Gasteiger partial charge on any atom is 0.227 e. The van der Waals surface area contributed by atoms with Crippen molar-refractivity contribution in [1.29, 1.82) is 0 Å². The van der Waals surface area contributed by atoms with Crippen LogP contribution in [0.1, 0.15) is 24.5 Å². The summed E-state index contributed by atoms with van der Waals surface area (Å²) >= 11 is 0. The molecule has 0 aliphatic carbocycles. The summed E-state index contributed by atoms with van der Waals surface area (Å²) in [6.07, 6.45) is 1.97. The number of pyridine rings is 1. The van der Waals surface area contributed by atoms with Crippen LogP contribution < -0.4 is 10.6 Å². The fraction of sp³-hybridized carbons (Fsp3) is 0.350. The lowest BCUT2D eigenvalue weighted by Crippen LogP contribution is -2.38. The van der Waals surface area contributed by atoms with Gasteiger partial charge in [-0.05, 0) is 43.2 Å². The van der Waals surface area contributed by atoms with Crippen LogP contribution in [0.2, 0.25) is 0 Å². The van der Waals surface area contributed by atoms with Gasteiger partial charge in [-0.2, -0.15) is 0 Å². The first-order valence-corrected chi connectivity index (χ1v) is 8.94. The van der Waals surface area contributed by atoms with Gasteiger partial charge in [0, 0.05) is 32.8 Å². The van der Waals surface area contributed by atoms with Gasteiger partial charge >= 0.3 is 0 Å². The number of hydrogen-bond donors (Lipinski definition) is 2. The fourth-order valence-electron chi connectivity index (χ4n) is 2.42. The summed E-state index contributed by atoms with van der Waals surface area (Å²) in [6, 6.07) is 10.0. The molecule has 2 rings (SSSR count). The minimum absolute atomic E-state index is 0. The molecule has 0 saturated carbocycles. The maximum absolute atomic E-state index is 13.0. The van der Waals surface area contributed by atoms with Crippen molar-refractivity contribution in [1.82, 2.24) is 15.2 Å². The Bertz CT molecular complexity index is 765. The molecule has 0 bridgehead atoms. The number of aliphatic imine (C=N–C) groups is 1. The summed E-state index contributed by atoms with van der Waals surface area (Å²) in [7, 11) is 1.90. The lowest BCUT2D eigenvalue weighted by Gasteiger charge is -2.22. The largest absolute Gasteiger partial charge is 0.357 e. The third-order valence-electron chi connectivity index (χ3n) is 3.81. The molecule has 0 atom stereocenters. The zero-order valence-corrected chi connectivity index (χ0v) is 18.7. The predicted molar refractivity (Wildman–Crippen MR) is 121 cm³/mol. The standard InChI is InChI=1S/C20H26FN5O.HI/c1-4-22-20(26(3)14-16-6-8-17(21)9-7-16)23-12-11-19(27)25-18-10-5-15(2)13-24-18;/h5-10,13H,4,11-12,14H2,1-3H3,(H,22,23)(H,24,25,27);1H. The molecule has 0 aliphatic heterocycles. The summed E-state index contributed by atoms with van der Waals surface area (Å²) < 4.78 is 13.0. The van der Waals surface area contributed by atoms with Crippen molar-refractivity contribution >= 4 is 41.7 Å². The van der Waals surface area contributed by atoms with Gasteiger partial charge in [0.2, 0.25) is 5.91 Å². The van der Waals surface area contributed by atoms with E-state index in [1.165, 1.54) is 12.1 Å². The summed E-state index contributed by atoms with van der Waals surface area (Å²) in [5.74, 6) is 0.848. The quantitative estimate of drug-likeness (QED) is 0.347. The van der Waals surface area contributed by atoms with Crippen molar-refractivity contribution in [2.45, 2.75) is 26.8 Å². The van der Waals surface area contributed by atoms with Crippen LogP contribution in [0.4, 0.5) is 10.2 Å². The van der Waals surface area contributed by atoms with Gasteiger partial charge in [0.15, 0.2) is 5.96 Å². The number of carbonyl (C=O) groups is 1. The zero-order valence-electron chi connectivity index (χ0n) is 16.4. The van der Waals surface area contributed by atoms with Gasteiger partial charge in [-0.25, -0.2) is 9.37 Å². The number of nitrogens with zero attached hydrogens (tertiary/aromatic N) is 3. The molecule has 1 heterocycles. The SMILES string of the molecule is CCNC(=NCCC(=O)Nc1ccc(C)cn1)N(C)Cc1ccc(F)cc1.I. The summed E-state index contributed by atoms with van der Waals surface area (Å²) in [4.78, 5) is 22.6. The monoisotopic (exact) mass is 499 g/mol. The molecule has 0 radical (unpaired) electrons. The Balaban J connectivity index is 0.00000392. The highest BCUT2D eigenvalue weighted by molar-refractivity contribution is 14.0. The normalized spacial score (nSPS) is 10.8. The minimum atomic E-state index is -0.254. The summed E-state index contributed by atoms with van der Waals surface area (Å²) in [6.45, 7) is 5.58. The number of hydrogen-bond acceptors (Lipinski definition) is 3. The van der Waals surface area contributed by atoms with E-state index >= 15 is 0 Å². The fourth-order valence-corrected chi connectivity index (χ4v) is 2.42. The van der Waals surface area contributed by atoms with Crippen molar-refractivity contribution in [3.05, 3.63) is 59.5 Å². The van der Waals surface area contributed by atoms with Crippen LogP contribution in [0.5, 0.6) is 0 Å². The first kappa shape index (κ1) is 23.8. The number of carbonyl (C=O) groups excluding carboxylic acids is 1. The molecular formula is C20H27FIN5O. The Hall–Kier alpha value is -2.23. The summed E-state index contributed by atoms with van der Waals surface area (Å²) in [5.41, 5.74) is 2.02. The Labute approximate surface area is 182 Å². The van der Waals surface area contributed by atoms with E-state index in [9.17, 15) is 9.18 Å². The number of nitrogens with one attached hydrogen (secondary N) is 2. The van der Waals surface area contributed by atoms with Crippen LogP contribution in [0.25, 0.3) is 0 Å². The Morgan fingerprint density at radius 2 is 1.93 bits per heavy atom. The van der Waals surface area contributed by atoms with E-state index in [-0.39, 0.29) is 42.1 Å². The number of amides is 1. The lowest BCUT2D eigenvalue weighted by molar-refractivity contribution is -0.116. The molecule has 1 aromatic carbocycles. The molecule has 2 N–H and O–H groups in total. The van der Waals surface area contributed by atoms with Crippen molar-refractivity contribution in [2.24, 2.45) is 4.99 Å². The van der Waals surface area contributed by atoms with Crippen LogP contribution in [-0.2, 0) is 11.3 Å². The van der Waals surface area contributed by atoms with Gasteiger partial charge < -0.3 is 15.5 Å². The Morgan fingerprint density at radius 3 is 2.54 bits per heavy atom. The molecule has 0 fully saturated rings. The molecule has 0 saturated heterocycles. The molecule has 8 heteroatoms. The second-order valence-electron chi connectivity index (χ2n) is 6.24. The van der Waals surface area contributed by atoms with E-state index in [0.717, 1.165) is 11.1 Å². The van der Waals surface area contributed by atoms with E-state index in [4.69, 9.17) is 0 Å². The number of aromatic nitrogens is 1. The molecule has 0 spiro atoms. The molecule has 6 nitrogen and oxygen atoms in total. The first-order valence-electron chi connectivity index (χ1n) is 8.94. The molecule has 1 aromatic heterocycles. The van der Waals surface area contributed by atoms with Gasteiger partial charge in [-0.3, -0.25) is 9.79 Å². The summed E-state index contributed by atoms with van der Waals surface area (Å²) in [5, 5.41) is 5.96. The first-order chi connectivity index (χ1) is 13.0. The molecule has 1 amide bonds. The second-order valence-corrected chi connectivity index (χ2v) is 6.24. The van der Waals surface area contributed by atoms with Crippen LogP contribution >= 0.6 is 24.0 Å². The molecule has 28 heavy (non-hydrogen) atoms. The van der Waals surface area contributed by atoms with Gasteiger partial charge in [0.1, 0.15) is 11.6 Å². The topological polar surface area (TPSA) is 69.6 Å². The van der Waals surface area contributed by atoms with Gasteiger partial charge in [0.05, 0.1) is 6.54 Å². The molecular weight excluding hydrogens is 472 g/mol. The highest BCUT2D eigenvalue weighted by Crippen LogP contribution is 2.06. The van der Waals surface area contributed by atoms with Crippen LogP contribution in [0, 0.1) is 12.7 Å². The average Bonchev–Trinajstić information content (AvgIpc) is 2.65. The van der Waals surface area contributed by atoms with Crippen molar-refractivity contribution in [3.8, 4) is 0 Å². The highest BCUT2D eigenvalue weighted by atomic mass is 127. The number of halogens is 2. The van der Waals surface area contributed by atoms with E-state index in [2.05, 4.69) is 20.6 Å². The number of guanidine groups is 1. The highest BCUT2D eigenvalue weighted by Gasteiger charge is 2.08. The molecule has 152 valence electrons.